The minimum Gasteiger partial charge on any atom is -0.493 e. The molecule has 2 atom stereocenters. The van der Waals surface area contributed by atoms with Crippen LogP contribution in [0.5, 0.6) is 11.5 Å². The summed E-state index contributed by atoms with van der Waals surface area (Å²) in [6, 6.07) is 2.59. The summed E-state index contributed by atoms with van der Waals surface area (Å²) in [6.45, 7) is 6.21. The number of rotatable bonds is 7. The molecule has 8 nitrogen and oxygen atoms in total. The summed E-state index contributed by atoms with van der Waals surface area (Å²) in [5.74, 6) is 0.500. The number of fused-ring (bicyclic) bond motifs is 1. The van der Waals surface area contributed by atoms with E-state index in [0.717, 1.165) is 12.0 Å². The van der Waals surface area contributed by atoms with E-state index in [2.05, 4.69) is 0 Å². The molecule has 1 aliphatic rings. The Morgan fingerprint density at radius 2 is 1.57 bits per heavy atom. The first-order valence-electron chi connectivity index (χ1n) is 13.0. The summed E-state index contributed by atoms with van der Waals surface area (Å²) in [5.41, 5.74) is -2.86. The minimum atomic E-state index is -5.07. The van der Waals surface area contributed by atoms with Gasteiger partial charge in [-0.15, -0.1) is 0 Å². The summed E-state index contributed by atoms with van der Waals surface area (Å²) in [4.78, 5) is 28.4. The van der Waals surface area contributed by atoms with E-state index in [9.17, 15) is 35.9 Å². The predicted molar refractivity (Wildman–Crippen MR) is 139 cm³/mol. The van der Waals surface area contributed by atoms with Gasteiger partial charge < -0.3 is 18.9 Å². The Balaban J connectivity index is 2.23. The minimum absolute atomic E-state index is 0.0169. The van der Waals surface area contributed by atoms with Crippen LogP contribution in [0, 0.1) is 0 Å². The maximum atomic E-state index is 13.6. The Morgan fingerprint density at radius 3 is 2.05 bits per heavy atom. The van der Waals surface area contributed by atoms with E-state index in [-0.39, 0.29) is 42.4 Å². The highest BCUT2D eigenvalue weighted by molar-refractivity contribution is 5.91. The first-order valence-corrected chi connectivity index (χ1v) is 13.0. The molecule has 0 aromatic heterocycles. The third kappa shape index (κ3) is 7.13. The van der Waals surface area contributed by atoms with Crippen molar-refractivity contribution >= 4 is 17.9 Å². The molecule has 14 heteroatoms. The van der Waals surface area contributed by atoms with Gasteiger partial charge in [0.1, 0.15) is 0 Å². The van der Waals surface area contributed by atoms with E-state index >= 15 is 0 Å². The van der Waals surface area contributed by atoms with Gasteiger partial charge in [0.2, 0.25) is 0 Å². The third-order valence-electron chi connectivity index (χ3n) is 6.55. The second-order valence-corrected chi connectivity index (χ2v) is 9.91. The zero-order valence-corrected chi connectivity index (χ0v) is 23.9. The number of ether oxygens (including phenoxy) is 4. The predicted octanol–water partition coefficient (Wildman–Crippen LogP) is 7.58. The zero-order valence-electron chi connectivity index (χ0n) is 23.9. The molecule has 2 aromatic rings. The molecule has 0 saturated heterocycles. The number of nitrogens with zero attached hydrogens (tertiary/aromatic N) is 2. The van der Waals surface area contributed by atoms with E-state index in [1.54, 1.807) is 27.7 Å². The molecule has 2 amide bonds. The normalized spacial score (nSPS) is 17.0. The van der Waals surface area contributed by atoms with Gasteiger partial charge in [0.05, 0.1) is 49.8 Å². The molecule has 42 heavy (non-hydrogen) atoms. The molecule has 1 aliphatic heterocycles. The number of anilines is 1. The second kappa shape index (κ2) is 12.6. The average molecular weight is 607 g/mol. The van der Waals surface area contributed by atoms with Crippen LogP contribution in [0.25, 0.3) is 0 Å². The van der Waals surface area contributed by atoms with Gasteiger partial charge in [-0.25, -0.2) is 9.59 Å². The van der Waals surface area contributed by atoms with Crippen molar-refractivity contribution in [3.63, 3.8) is 0 Å². The van der Waals surface area contributed by atoms with Crippen molar-refractivity contribution in [1.29, 1.82) is 0 Å². The lowest BCUT2D eigenvalue weighted by molar-refractivity contribution is -0.143. The van der Waals surface area contributed by atoms with E-state index in [1.807, 2.05) is 0 Å². The first kappa shape index (κ1) is 32.7. The maximum absolute atomic E-state index is 13.6. The van der Waals surface area contributed by atoms with Gasteiger partial charge in [-0.1, -0.05) is 0 Å². The van der Waals surface area contributed by atoms with Gasteiger partial charge in [0.25, 0.3) is 0 Å². The van der Waals surface area contributed by atoms with E-state index < -0.39 is 59.9 Å². The van der Waals surface area contributed by atoms with Crippen LogP contribution in [0.15, 0.2) is 30.3 Å². The van der Waals surface area contributed by atoms with Crippen molar-refractivity contribution in [3.05, 3.63) is 52.6 Å². The lowest BCUT2D eigenvalue weighted by atomic mass is 9.90. The van der Waals surface area contributed by atoms with Crippen LogP contribution >= 0.6 is 0 Å². The van der Waals surface area contributed by atoms with Gasteiger partial charge in [-0.2, -0.15) is 26.3 Å². The van der Waals surface area contributed by atoms with Crippen LogP contribution in [0.2, 0.25) is 0 Å². The number of hydrogen-bond donors (Lipinski definition) is 0. The summed E-state index contributed by atoms with van der Waals surface area (Å²) < 4.78 is 103. The average Bonchev–Trinajstić information content (AvgIpc) is 2.89. The number of methoxy groups -OCH3 is 2. The molecule has 0 spiro atoms. The van der Waals surface area contributed by atoms with Crippen molar-refractivity contribution in [1.82, 2.24) is 4.90 Å². The summed E-state index contributed by atoms with van der Waals surface area (Å²) in [6.07, 6.45) is -12.1. The van der Waals surface area contributed by atoms with Gasteiger partial charge in [-0.3, -0.25) is 9.80 Å². The molecule has 1 heterocycles. The molecule has 0 N–H and O–H groups in total. The number of benzene rings is 2. The standard InChI is InChI=1S/C28H32F6N2O6/c1-7-41-26(38)36-16(4)8-21(20-12-24(42-15(2)3)23(39-5)13-22(20)36)35(25(37)40-6)14-17-9-18(27(29,30)31)11-19(10-17)28(32,33)34/h9-13,15-16,21H,7-8,14H2,1-6H3. The fourth-order valence-electron chi connectivity index (χ4n) is 4.83. The van der Waals surface area contributed by atoms with Crippen LogP contribution in [-0.4, -0.2) is 50.1 Å². The van der Waals surface area contributed by atoms with Gasteiger partial charge in [-0.05, 0) is 63.9 Å². The topological polar surface area (TPSA) is 77.5 Å². The molecule has 0 bridgehead atoms. The van der Waals surface area contributed by atoms with Crippen LogP contribution in [0.4, 0.5) is 41.6 Å². The fourth-order valence-corrected chi connectivity index (χ4v) is 4.83. The maximum Gasteiger partial charge on any atom is 0.416 e. The molecule has 0 fully saturated rings. The number of halogens is 6. The van der Waals surface area contributed by atoms with Crippen LogP contribution in [0.3, 0.4) is 0 Å². The molecule has 232 valence electrons. The number of hydrogen-bond acceptors (Lipinski definition) is 6. The SMILES string of the molecule is CCOC(=O)N1c2cc(OC)c(OC(C)C)cc2C(N(Cc2cc(C(F)(F)F)cc(C(F)(F)F)c2)C(=O)OC)CC1C. The van der Waals surface area contributed by atoms with Crippen molar-refractivity contribution in [2.45, 2.75) is 71.2 Å². The molecule has 0 saturated carbocycles. The number of amides is 2. The lowest BCUT2D eigenvalue weighted by Crippen LogP contribution is -2.47. The lowest BCUT2D eigenvalue weighted by Gasteiger charge is -2.42. The monoisotopic (exact) mass is 606 g/mol. The smallest absolute Gasteiger partial charge is 0.416 e. The van der Waals surface area contributed by atoms with Gasteiger partial charge >= 0.3 is 24.5 Å². The quantitative estimate of drug-likeness (QED) is 0.303. The van der Waals surface area contributed by atoms with Crippen molar-refractivity contribution in [2.24, 2.45) is 0 Å². The highest BCUT2D eigenvalue weighted by Crippen LogP contribution is 2.47. The Hall–Kier alpha value is -3.84. The second-order valence-electron chi connectivity index (χ2n) is 9.91. The van der Waals surface area contributed by atoms with Crippen molar-refractivity contribution < 1.29 is 54.9 Å². The van der Waals surface area contributed by atoms with Gasteiger partial charge in [0, 0.05) is 24.2 Å². The summed E-state index contributed by atoms with van der Waals surface area (Å²) >= 11 is 0. The summed E-state index contributed by atoms with van der Waals surface area (Å²) in [5, 5.41) is 0. The number of carbonyl (C=O) groups excluding carboxylic acids is 2. The largest absolute Gasteiger partial charge is 0.493 e. The Kier molecular flexibility index (Phi) is 9.78. The first-order chi connectivity index (χ1) is 19.5. The molecule has 2 aromatic carbocycles. The van der Waals surface area contributed by atoms with Crippen molar-refractivity contribution in [3.8, 4) is 11.5 Å². The molecule has 0 radical (unpaired) electrons. The Labute approximate surface area is 239 Å². The molecule has 0 aliphatic carbocycles. The van der Waals surface area contributed by atoms with E-state index in [0.29, 0.717) is 17.7 Å². The van der Waals surface area contributed by atoms with Gasteiger partial charge in [0.15, 0.2) is 11.5 Å². The van der Waals surface area contributed by atoms with Crippen LogP contribution in [0.1, 0.15) is 62.4 Å². The van der Waals surface area contributed by atoms with Crippen molar-refractivity contribution in [2.75, 3.05) is 25.7 Å². The zero-order chi connectivity index (χ0) is 31.6. The van der Waals surface area contributed by atoms with Crippen LogP contribution < -0.4 is 14.4 Å². The number of alkyl halides is 6. The highest BCUT2D eigenvalue weighted by atomic mass is 19.4. The van der Waals surface area contributed by atoms with E-state index in [1.165, 1.54) is 24.1 Å². The summed E-state index contributed by atoms with van der Waals surface area (Å²) in [7, 11) is 2.43. The van der Waals surface area contributed by atoms with E-state index in [4.69, 9.17) is 18.9 Å². The Bertz CT molecular complexity index is 1260. The molecular formula is C28H32F6N2O6. The third-order valence-corrected chi connectivity index (χ3v) is 6.55. The van der Waals surface area contributed by atoms with Crippen LogP contribution in [-0.2, 0) is 28.4 Å². The number of carbonyl (C=O) groups is 2. The molecular weight excluding hydrogens is 574 g/mol. The Morgan fingerprint density at radius 1 is 0.976 bits per heavy atom. The molecule has 3 rings (SSSR count). The highest BCUT2D eigenvalue weighted by Gasteiger charge is 2.42. The molecule has 2 unspecified atom stereocenters. The fraction of sp³-hybridized carbons (Fsp3) is 0.500.